The summed E-state index contributed by atoms with van der Waals surface area (Å²) in [4.78, 5) is 0. The number of anilines is 1. The fourth-order valence-electron chi connectivity index (χ4n) is 1.47. The van der Waals surface area contributed by atoms with Crippen LogP contribution in [0.5, 0.6) is 0 Å². The number of nitrogens with two attached hydrogens (primary N) is 1. The average molecular weight is 223 g/mol. The molecule has 1 nitrogen and oxygen atoms in total. The van der Waals surface area contributed by atoms with Gasteiger partial charge in [0, 0.05) is 22.9 Å². The molecule has 0 aliphatic heterocycles. The number of nitrogen functional groups attached to an aromatic ring is 1. The van der Waals surface area contributed by atoms with Crippen LogP contribution in [0.1, 0.15) is 0 Å². The Morgan fingerprint density at radius 3 is 2.06 bits per heavy atom. The minimum absolute atomic E-state index is 0.0444. The number of hydrogen-bond acceptors (Lipinski definition) is 1. The predicted octanol–water partition coefficient (Wildman–Crippen LogP) is 3.35. The van der Waals surface area contributed by atoms with Crippen LogP contribution < -0.4 is 5.73 Å². The van der Waals surface area contributed by atoms with E-state index in [9.17, 15) is 13.2 Å². The van der Waals surface area contributed by atoms with Crippen molar-refractivity contribution < 1.29 is 13.2 Å². The van der Waals surface area contributed by atoms with Crippen molar-refractivity contribution in [1.82, 2.24) is 0 Å². The zero-order valence-electron chi connectivity index (χ0n) is 8.18. The summed E-state index contributed by atoms with van der Waals surface area (Å²) < 4.78 is 39.2. The van der Waals surface area contributed by atoms with Crippen LogP contribution in [0.15, 0.2) is 36.4 Å². The summed E-state index contributed by atoms with van der Waals surface area (Å²) in [6.07, 6.45) is 0. The average Bonchev–Trinajstić information content (AvgIpc) is 2.25. The predicted molar refractivity (Wildman–Crippen MR) is 56.2 cm³/mol. The smallest absolute Gasteiger partial charge is 0.161 e. The molecule has 0 atom stereocenters. The zero-order chi connectivity index (χ0) is 11.7. The third kappa shape index (κ3) is 1.74. The Bertz CT molecular complexity index is 538. The van der Waals surface area contributed by atoms with Crippen molar-refractivity contribution in [1.29, 1.82) is 0 Å². The quantitative estimate of drug-likeness (QED) is 0.582. The van der Waals surface area contributed by atoms with Crippen LogP contribution in [0.4, 0.5) is 18.9 Å². The van der Waals surface area contributed by atoms with E-state index in [4.69, 9.17) is 5.73 Å². The van der Waals surface area contributed by atoms with Gasteiger partial charge in [0.15, 0.2) is 11.6 Å². The molecular formula is C12H8F3N. The van der Waals surface area contributed by atoms with Crippen molar-refractivity contribution in [2.24, 2.45) is 0 Å². The van der Waals surface area contributed by atoms with Crippen LogP contribution >= 0.6 is 0 Å². The lowest BCUT2D eigenvalue weighted by Gasteiger charge is -2.07. The summed E-state index contributed by atoms with van der Waals surface area (Å²) in [7, 11) is 0. The van der Waals surface area contributed by atoms with Crippen LogP contribution in [0.3, 0.4) is 0 Å². The fourth-order valence-corrected chi connectivity index (χ4v) is 1.47. The van der Waals surface area contributed by atoms with E-state index < -0.39 is 17.5 Å². The Morgan fingerprint density at radius 2 is 1.38 bits per heavy atom. The largest absolute Gasteiger partial charge is 0.398 e. The molecule has 82 valence electrons. The fraction of sp³-hybridized carbons (Fsp3) is 0. The van der Waals surface area contributed by atoms with Crippen LogP contribution in [0.25, 0.3) is 11.1 Å². The molecule has 2 aromatic carbocycles. The van der Waals surface area contributed by atoms with Crippen molar-refractivity contribution in [2.45, 2.75) is 0 Å². The maximum Gasteiger partial charge on any atom is 0.161 e. The van der Waals surface area contributed by atoms with Gasteiger partial charge < -0.3 is 5.73 Å². The highest BCUT2D eigenvalue weighted by Crippen LogP contribution is 2.29. The lowest BCUT2D eigenvalue weighted by atomic mass is 10.0. The molecule has 0 radical (unpaired) electrons. The summed E-state index contributed by atoms with van der Waals surface area (Å²) in [5.41, 5.74) is 6.24. The van der Waals surface area contributed by atoms with Crippen LogP contribution in [-0.2, 0) is 0 Å². The van der Waals surface area contributed by atoms with Gasteiger partial charge in [0.25, 0.3) is 0 Å². The maximum atomic E-state index is 13.4. The van der Waals surface area contributed by atoms with E-state index in [0.29, 0.717) is 17.3 Å². The molecule has 0 aliphatic carbocycles. The maximum absolute atomic E-state index is 13.4. The molecule has 2 aromatic rings. The molecule has 0 heterocycles. The molecule has 0 aromatic heterocycles. The summed E-state index contributed by atoms with van der Waals surface area (Å²) in [6.45, 7) is 0. The summed E-state index contributed by atoms with van der Waals surface area (Å²) in [5.74, 6) is -3.15. The Hall–Kier alpha value is -1.97. The van der Waals surface area contributed by atoms with E-state index in [1.165, 1.54) is 0 Å². The van der Waals surface area contributed by atoms with Gasteiger partial charge in [-0.3, -0.25) is 0 Å². The first-order chi connectivity index (χ1) is 7.59. The van der Waals surface area contributed by atoms with Gasteiger partial charge in [-0.05, 0) is 12.1 Å². The lowest BCUT2D eigenvalue weighted by Crippen LogP contribution is -1.95. The topological polar surface area (TPSA) is 26.0 Å². The molecule has 0 bridgehead atoms. The Morgan fingerprint density at radius 1 is 0.750 bits per heavy atom. The second kappa shape index (κ2) is 3.89. The molecule has 2 N–H and O–H groups in total. The van der Waals surface area contributed by atoms with E-state index in [2.05, 4.69) is 0 Å². The van der Waals surface area contributed by atoms with Crippen molar-refractivity contribution in [3.8, 4) is 11.1 Å². The van der Waals surface area contributed by atoms with Crippen molar-refractivity contribution in [2.75, 3.05) is 5.73 Å². The van der Waals surface area contributed by atoms with E-state index in [0.717, 1.165) is 6.07 Å². The first-order valence-electron chi connectivity index (χ1n) is 4.59. The van der Waals surface area contributed by atoms with Crippen LogP contribution in [0, 0.1) is 17.5 Å². The molecule has 16 heavy (non-hydrogen) atoms. The number of hydrogen-bond donors (Lipinski definition) is 1. The molecule has 0 saturated carbocycles. The number of benzene rings is 2. The standard InChI is InChI=1S/C12H8F3N/c13-9-6-11(15)10(14)5-8(9)7-3-1-2-4-12(7)16/h1-6H,16H2. The van der Waals surface area contributed by atoms with Gasteiger partial charge in [-0.15, -0.1) is 0 Å². The molecule has 0 unspecified atom stereocenters. The van der Waals surface area contributed by atoms with Crippen molar-refractivity contribution in [3.05, 3.63) is 53.8 Å². The Labute approximate surface area is 90.3 Å². The number of halogens is 3. The normalized spacial score (nSPS) is 10.4. The zero-order valence-corrected chi connectivity index (χ0v) is 8.18. The van der Waals surface area contributed by atoms with Gasteiger partial charge in [-0.2, -0.15) is 0 Å². The van der Waals surface area contributed by atoms with Gasteiger partial charge in [-0.25, -0.2) is 13.2 Å². The van der Waals surface area contributed by atoms with E-state index in [1.807, 2.05) is 0 Å². The Balaban J connectivity index is 2.65. The third-order valence-electron chi connectivity index (χ3n) is 2.26. The van der Waals surface area contributed by atoms with Gasteiger partial charge in [0.05, 0.1) is 0 Å². The molecule has 0 fully saturated rings. The van der Waals surface area contributed by atoms with E-state index >= 15 is 0 Å². The Kier molecular flexibility index (Phi) is 2.56. The lowest BCUT2D eigenvalue weighted by molar-refractivity contribution is 0.496. The molecule has 4 heteroatoms. The second-order valence-corrected chi connectivity index (χ2v) is 3.33. The molecule has 2 rings (SSSR count). The minimum atomic E-state index is -1.21. The van der Waals surface area contributed by atoms with Gasteiger partial charge in [0.2, 0.25) is 0 Å². The minimum Gasteiger partial charge on any atom is -0.398 e. The SMILES string of the molecule is Nc1ccccc1-c1cc(F)c(F)cc1F. The van der Waals surface area contributed by atoms with Crippen LogP contribution in [0.2, 0.25) is 0 Å². The number of para-hydroxylation sites is 1. The summed E-state index contributed by atoms with van der Waals surface area (Å²) in [6, 6.07) is 7.75. The summed E-state index contributed by atoms with van der Waals surface area (Å²) in [5, 5.41) is 0. The molecule has 0 aliphatic rings. The third-order valence-corrected chi connectivity index (χ3v) is 2.26. The summed E-state index contributed by atoms with van der Waals surface area (Å²) >= 11 is 0. The molecule has 0 amide bonds. The molecular weight excluding hydrogens is 215 g/mol. The van der Waals surface area contributed by atoms with E-state index in [-0.39, 0.29) is 5.56 Å². The van der Waals surface area contributed by atoms with Gasteiger partial charge >= 0.3 is 0 Å². The van der Waals surface area contributed by atoms with Crippen molar-refractivity contribution >= 4 is 5.69 Å². The monoisotopic (exact) mass is 223 g/mol. The highest BCUT2D eigenvalue weighted by Gasteiger charge is 2.12. The van der Waals surface area contributed by atoms with E-state index in [1.54, 1.807) is 24.3 Å². The van der Waals surface area contributed by atoms with Gasteiger partial charge in [0.1, 0.15) is 5.82 Å². The first-order valence-corrected chi connectivity index (χ1v) is 4.59. The molecule has 0 spiro atoms. The van der Waals surface area contributed by atoms with Crippen LogP contribution in [-0.4, -0.2) is 0 Å². The second-order valence-electron chi connectivity index (χ2n) is 3.33. The highest BCUT2D eigenvalue weighted by atomic mass is 19.2. The van der Waals surface area contributed by atoms with Crippen molar-refractivity contribution in [3.63, 3.8) is 0 Å². The highest BCUT2D eigenvalue weighted by molar-refractivity contribution is 5.76. The first kappa shape index (κ1) is 10.5. The molecule has 0 saturated heterocycles. The van der Waals surface area contributed by atoms with Gasteiger partial charge in [-0.1, -0.05) is 18.2 Å². The number of rotatable bonds is 1.